The predicted molar refractivity (Wildman–Crippen MR) is 76.3 cm³/mol. The van der Waals surface area contributed by atoms with Crippen molar-refractivity contribution in [2.24, 2.45) is 0 Å². The van der Waals surface area contributed by atoms with Crippen LogP contribution in [0.15, 0.2) is 0 Å². The molecule has 0 spiro atoms. The number of amides is 3. The van der Waals surface area contributed by atoms with E-state index >= 15 is 0 Å². The SMILES string of the molecule is Cl.O=C(CCN1CCCCC1C(=O)O)NC(=O)NCC(F)(F)F. The number of carboxylic acid groups (broad SMARTS) is 1. The molecule has 1 fully saturated rings. The summed E-state index contributed by atoms with van der Waals surface area (Å²) in [5.41, 5.74) is 0. The number of alkyl halides is 3. The molecule has 1 heterocycles. The Bertz CT molecular complexity index is 434. The number of hydrogen-bond donors (Lipinski definition) is 3. The van der Waals surface area contributed by atoms with Crippen LogP contribution in [0.1, 0.15) is 25.7 Å². The molecule has 3 amide bonds. The van der Waals surface area contributed by atoms with Gasteiger partial charge in [0.1, 0.15) is 12.6 Å². The van der Waals surface area contributed by atoms with Crippen LogP contribution in [0, 0.1) is 0 Å². The molecule has 0 aromatic heterocycles. The van der Waals surface area contributed by atoms with Gasteiger partial charge in [-0.05, 0) is 19.4 Å². The van der Waals surface area contributed by atoms with E-state index in [1.54, 1.807) is 10.2 Å². The Balaban J connectivity index is 0.00000484. The molecule has 1 unspecified atom stereocenters. The van der Waals surface area contributed by atoms with Crippen LogP contribution in [0.3, 0.4) is 0 Å². The highest BCUT2D eigenvalue weighted by Crippen LogP contribution is 2.17. The third-order valence-corrected chi connectivity index (χ3v) is 3.23. The van der Waals surface area contributed by atoms with E-state index in [9.17, 15) is 27.6 Å². The Morgan fingerprint density at radius 3 is 2.43 bits per heavy atom. The normalized spacial score (nSPS) is 18.7. The third kappa shape index (κ3) is 8.60. The summed E-state index contributed by atoms with van der Waals surface area (Å²) in [4.78, 5) is 35.2. The summed E-state index contributed by atoms with van der Waals surface area (Å²) in [7, 11) is 0. The number of hydrogen-bond acceptors (Lipinski definition) is 4. The first-order chi connectivity index (χ1) is 10.2. The quantitative estimate of drug-likeness (QED) is 0.681. The molecule has 134 valence electrons. The number of halogens is 4. The summed E-state index contributed by atoms with van der Waals surface area (Å²) >= 11 is 0. The molecule has 3 N–H and O–H groups in total. The topological polar surface area (TPSA) is 98.7 Å². The molecular weight excluding hydrogens is 343 g/mol. The maximum absolute atomic E-state index is 11.9. The van der Waals surface area contributed by atoms with Crippen molar-refractivity contribution in [3.8, 4) is 0 Å². The van der Waals surface area contributed by atoms with Crippen molar-refractivity contribution >= 4 is 30.3 Å². The van der Waals surface area contributed by atoms with Gasteiger partial charge in [0.25, 0.3) is 0 Å². The minimum absolute atomic E-state index is 0. The second-order valence-electron chi connectivity index (χ2n) is 4.98. The number of aliphatic carboxylic acids is 1. The van der Waals surface area contributed by atoms with Crippen LogP contribution < -0.4 is 10.6 Å². The molecule has 11 heteroatoms. The van der Waals surface area contributed by atoms with Crippen molar-refractivity contribution in [2.75, 3.05) is 19.6 Å². The Labute approximate surface area is 137 Å². The van der Waals surface area contributed by atoms with E-state index in [0.717, 1.165) is 12.8 Å². The molecule has 1 atom stereocenters. The van der Waals surface area contributed by atoms with Gasteiger partial charge in [-0.15, -0.1) is 12.4 Å². The van der Waals surface area contributed by atoms with Gasteiger partial charge in [0.05, 0.1) is 0 Å². The molecule has 23 heavy (non-hydrogen) atoms. The summed E-state index contributed by atoms with van der Waals surface area (Å²) in [6.45, 7) is -0.862. The second-order valence-corrected chi connectivity index (χ2v) is 4.98. The van der Waals surface area contributed by atoms with Gasteiger partial charge in [-0.2, -0.15) is 13.2 Å². The van der Waals surface area contributed by atoms with Crippen LogP contribution in [0.2, 0.25) is 0 Å². The highest BCUT2D eigenvalue weighted by atomic mass is 35.5. The lowest BCUT2D eigenvalue weighted by molar-refractivity contribution is -0.145. The van der Waals surface area contributed by atoms with Crippen molar-refractivity contribution in [3.05, 3.63) is 0 Å². The van der Waals surface area contributed by atoms with Gasteiger partial charge in [0, 0.05) is 13.0 Å². The Hall–Kier alpha value is -1.55. The zero-order valence-corrected chi connectivity index (χ0v) is 13.0. The fraction of sp³-hybridized carbons (Fsp3) is 0.750. The lowest BCUT2D eigenvalue weighted by Crippen LogP contribution is -2.47. The molecule has 7 nitrogen and oxygen atoms in total. The molecule has 1 rings (SSSR count). The number of imide groups is 1. The van der Waals surface area contributed by atoms with Gasteiger partial charge in [0.2, 0.25) is 5.91 Å². The number of likely N-dealkylation sites (tertiary alicyclic amines) is 1. The van der Waals surface area contributed by atoms with Gasteiger partial charge < -0.3 is 10.4 Å². The lowest BCUT2D eigenvalue weighted by atomic mass is 10.0. The number of carboxylic acids is 1. The number of piperidine rings is 1. The summed E-state index contributed by atoms with van der Waals surface area (Å²) < 4.78 is 35.6. The molecule has 1 saturated heterocycles. The zero-order chi connectivity index (χ0) is 16.8. The standard InChI is InChI=1S/C12H18F3N3O4.ClH/c13-12(14,15)7-16-11(22)17-9(19)4-6-18-5-2-1-3-8(18)10(20)21;/h8H,1-7H2,(H,20,21)(H2,16,17,19,22);1H. The van der Waals surface area contributed by atoms with E-state index in [4.69, 9.17) is 5.11 Å². The average Bonchev–Trinajstić information content (AvgIpc) is 2.42. The zero-order valence-electron chi connectivity index (χ0n) is 12.2. The first-order valence-corrected chi connectivity index (χ1v) is 6.80. The van der Waals surface area contributed by atoms with Crippen molar-refractivity contribution < 1.29 is 32.7 Å². The van der Waals surface area contributed by atoms with E-state index in [-0.39, 0.29) is 25.4 Å². The molecule has 0 bridgehead atoms. The van der Waals surface area contributed by atoms with Crippen LogP contribution in [0.4, 0.5) is 18.0 Å². The minimum atomic E-state index is -4.55. The monoisotopic (exact) mass is 361 g/mol. The van der Waals surface area contributed by atoms with Crippen molar-refractivity contribution in [1.82, 2.24) is 15.5 Å². The fourth-order valence-electron chi connectivity index (χ4n) is 2.20. The molecule has 1 aliphatic rings. The summed E-state index contributed by atoms with van der Waals surface area (Å²) in [6, 6.07) is -1.89. The van der Waals surface area contributed by atoms with E-state index < -0.39 is 36.7 Å². The Morgan fingerprint density at radius 1 is 1.22 bits per heavy atom. The first kappa shape index (κ1) is 21.4. The van der Waals surface area contributed by atoms with Gasteiger partial charge in [-0.3, -0.25) is 19.8 Å². The largest absolute Gasteiger partial charge is 0.480 e. The van der Waals surface area contributed by atoms with Crippen LogP contribution in [-0.4, -0.2) is 59.8 Å². The number of nitrogens with one attached hydrogen (secondary N) is 2. The smallest absolute Gasteiger partial charge is 0.405 e. The highest BCUT2D eigenvalue weighted by Gasteiger charge is 2.29. The number of urea groups is 1. The van der Waals surface area contributed by atoms with E-state index in [1.165, 1.54) is 5.32 Å². The van der Waals surface area contributed by atoms with E-state index in [2.05, 4.69) is 0 Å². The highest BCUT2D eigenvalue weighted by molar-refractivity contribution is 5.94. The Morgan fingerprint density at radius 2 is 1.87 bits per heavy atom. The van der Waals surface area contributed by atoms with Crippen molar-refractivity contribution in [2.45, 2.75) is 37.9 Å². The number of nitrogens with zero attached hydrogens (tertiary/aromatic N) is 1. The lowest BCUT2D eigenvalue weighted by Gasteiger charge is -2.32. The van der Waals surface area contributed by atoms with Gasteiger partial charge in [-0.1, -0.05) is 6.42 Å². The molecule has 0 radical (unpaired) electrons. The molecule has 0 aromatic carbocycles. The molecule has 1 aliphatic heterocycles. The van der Waals surface area contributed by atoms with Gasteiger partial charge in [-0.25, -0.2) is 4.79 Å². The first-order valence-electron chi connectivity index (χ1n) is 6.80. The van der Waals surface area contributed by atoms with E-state index in [1.807, 2.05) is 0 Å². The van der Waals surface area contributed by atoms with Crippen molar-refractivity contribution in [3.63, 3.8) is 0 Å². The average molecular weight is 362 g/mol. The Kier molecular flexibility index (Phi) is 8.91. The van der Waals surface area contributed by atoms with Crippen molar-refractivity contribution in [1.29, 1.82) is 0 Å². The van der Waals surface area contributed by atoms with E-state index in [0.29, 0.717) is 13.0 Å². The van der Waals surface area contributed by atoms with Gasteiger partial charge >= 0.3 is 18.2 Å². The maximum atomic E-state index is 11.9. The second kappa shape index (κ2) is 9.56. The third-order valence-electron chi connectivity index (χ3n) is 3.23. The fourth-order valence-corrected chi connectivity index (χ4v) is 2.20. The van der Waals surface area contributed by atoms with Gasteiger partial charge in [0.15, 0.2) is 0 Å². The van der Waals surface area contributed by atoms with Crippen LogP contribution in [-0.2, 0) is 9.59 Å². The summed E-state index contributed by atoms with van der Waals surface area (Å²) in [6.07, 6.45) is -2.62. The number of rotatable bonds is 5. The summed E-state index contributed by atoms with van der Waals surface area (Å²) in [5, 5.41) is 12.3. The molecular formula is C12H19ClF3N3O4. The maximum Gasteiger partial charge on any atom is 0.405 e. The minimum Gasteiger partial charge on any atom is -0.480 e. The van der Waals surface area contributed by atoms with Crippen LogP contribution >= 0.6 is 12.4 Å². The predicted octanol–water partition coefficient (Wildman–Crippen LogP) is 1.13. The molecule has 0 aromatic rings. The van der Waals surface area contributed by atoms with Crippen LogP contribution in [0.5, 0.6) is 0 Å². The molecule has 0 aliphatic carbocycles. The van der Waals surface area contributed by atoms with Crippen LogP contribution in [0.25, 0.3) is 0 Å². The summed E-state index contributed by atoms with van der Waals surface area (Å²) in [5.74, 6) is -1.72. The number of carbonyl (C=O) groups is 3. The number of carbonyl (C=O) groups excluding carboxylic acids is 2. The molecule has 0 saturated carbocycles.